The van der Waals surface area contributed by atoms with Crippen molar-refractivity contribution in [2.24, 2.45) is 0 Å². The molecule has 88 valence electrons. The molecule has 9 heteroatoms. The van der Waals surface area contributed by atoms with Crippen LogP contribution < -0.4 is 24.8 Å². The summed E-state index contributed by atoms with van der Waals surface area (Å²) in [6, 6.07) is 0. The Labute approximate surface area is 115 Å². The Morgan fingerprint density at radius 3 is 1.73 bits per heavy atom. The third-order valence-corrected chi connectivity index (χ3v) is 1.87. The van der Waals surface area contributed by atoms with Gasteiger partial charge in [0.1, 0.15) is 24.4 Å². The summed E-state index contributed by atoms with van der Waals surface area (Å²) in [5.74, 6) is 0. The van der Waals surface area contributed by atoms with Gasteiger partial charge in [0.25, 0.3) is 0 Å². The molecule has 0 saturated carbocycles. The second-order valence-corrected chi connectivity index (χ2v) is 2.72. The van der Waals surface area contributed by atoms with E-state index in [-0.39, 0.29) is 47.9 Å². The van der Waals surface area contributed by atoms with Gasteiger partial charge in [-0.1, -0.05) is 0 Å². The van der Waals surface area contributed by atoms with E-state index in [4.69, 9.17) is 25.5 Å². The number of rotatable bonds is 1. The third kappa shape index (κ3) is 4.86. The van der Waals surface area contributed by atoms with E-state index in [1.807, 2.05) is 0 Å². The minimum atomic E-state index is -1.57. The van der Waals surface area contributed by atoms with Crippen molar-refractivity contribution in [1.82, 2.24) is 0 Å². The molecule has 5 N–H and O–H groups in total. The van der Waals surface area contributed by atoms with Crippen molar-refractivity contribution in [1.29, 1.82) is 0 Å². The van der Waals surface area contributed by atoms with Gasteiger partial charge in [-0.2, -0.15) is 0 Å². The molecule has 1 unspecified atom stereocenters. The predicted molar refractivity (Wildman–Crippen MR) is 41.7 cm³/mol. The van der Waals surface area contributed by atoms with Gasteiger partial charge in [0, 0.05) is 0 Å². The molecule has 5 atom stereocenters. The molecular formula is C6H12Cl2MgO6. The van der Waals surface area contributed by atoms with E-state index in [1.54, 1.807) is 0 Å². The summed E-state index contributed by atoms with van der Waals surface area (Å²) in [7, 11) is 0. The van der Waals surface area contributed by atoms with Crippen molar-refractivity contribution in [3.8, 4) is 0 Å². The summed E-state index contributed by atoms with van der Waals surface area (Å²) in [6.07, 6.45) is -7.04. The van der Waals surface area contributed by atoms with E-state index < -0.39 is 37.3 Å². The van der Waals surface area contributed by atoms with Crippen molar-refractivity contribution in [2.45, 2.75) is 30.7 Å². The molecule has 1 fully saturated rings. The molecule has 0 radical (unpaired) electrons. The van der Waals surface area contributed by atoms with Crippen molar-refractivity contribution in [2.75, 3.05) is 6.61 Å². The topological polar surface area (TPSA) is 110 Å². The molecule has 15 heavy (non-hydrogen) atoms. The number of hydrogen-bond donors (Lipinski definition) is 5. The van der Waals surface area contributed by atoms with Crippen molar-refractivity contribution < 1.29 is 55.1 Å². The summed E-state index contributed by atoms with van der Waals surface area (Å²) in [6.45, 7) is -0.526. The van der Waals surface area contributed by atoms with E-state index in [0.717, 1.165) is 0 Å². The van der Waals surface area contributed by atoms with E-state index in [2.05, 4.69) is 4.74 Å². The zero-order chi connectivity index (χ0) is 9.30. The molecule has 6 nitrogen and oxygen atoms in total. The first-order valence-corrected chi connectivity index (χ1v) is 3.56. The standard InChI is InChI=1S/C6H12O6.2ClH.Mg/c7-1-2-3(8)4(9)5(10)6(11)12-2;;;/h2-11H,1H2;2*1H;/q;;;+2/p-2/t2-,3-,4+,5-,6?;;;/m1.../s1. The molecule has 0 amide bonds. The van der Waals surface area contributed by atoms with Gasteiger partial charge >= 0.3 is 23.1 Å². The Bertz CT molecular complexity index is 160. The van der Waals surface area contributed by atoms with E-state index in [1.165, 1.54) is 0 Å². The predicted octanol–water partition coefficient (Wildman–Crippen LogP) is -9.59. The van der Waals surface area contributed by atoms with Crippen LogP contribution >= 0.6 is 0 Å². The summed E-state index contributed by atoms with van der Waals surface area (Å²) in [5, 5.41) is 44.7. The van der Waals surface area contributed by atoms with E-state index in [9.17, 15) is 0 Å². The van der Waals surface area contributed by atoms with Crippen LogP contribution in [0.5, 0.6) is 0 Å². The molecule has 1 aliphatic rings. The van der Waals surface area contributed by atoms with Crippen LogP contribution in [0.1, 0.15) is 0 Å². The largest absolute Gasteiger partial charge is 2.00 e. The summed E-state index contributed by atoms with van der Waals surface area (Å²) in [5.41, 5.74) is 0. The van der Waals surface area contributed by atoms with E-state index >= 15 is 0 Å². The van der Waals surface area contributed by atoms with Crippen LogP contribution in [-0.4, -0.2) is 85.9 Å². The number of aliphatic hydroxyl groups is 5. The normalized spacial score (nSPS) is 39.4. The van der Waals surface area contributed by atoms with Gasteiger partial charge < -0.3 is 55.1 Å². The van der Waals surface area contributed by atoms with Gasteiger partial charge in [-0.15, -0.1) is 0 Å². The first-order chi connectivity index (χ1) is 5.57. The maximum atomic E-state index is 9.12. The average molecular weight is 275 g/mol. The number of ether oxygens (including phenoxy) is 1. The Morgan fingerprint density at radius 2 is 1.33 bits per heavy atom. The average Bonchev–Trinajstić information content (AvgIpc) is 2.08. The molecule has 1 aliphatic heterocycles. The molecule has 1 heterocycles. The number of aliphatic hydroxyl groups excluding tert-OH is 5. The van der Waals surface area contributed by atoms with Crippen molar-refractivity contribution in [3.05, 3.63) is 0 Å². The summed E-state index contributed by atoms with van der Waals surface area (Å²) in [4.78, 5) is 0. The molecule has 1 saturated heterocycles. The molecule has 1 rings (SSSR count). The fourth-order valence-electron chi connectivity index (χ4n) is 1.08. The van der Waals surface area contributed by atoms with Crippen LogP contribution in [0, 0.1) is 0 Å². The van der Waals surface area contributed by atoms with Gasteiger partial charge in [0.2, 0.25) is 0 Å². The van der Waals surface area contributed by atoms with Gasteiger partial charge in [0.05, 0.1) is 6.61 Å². The van der Waals surface area contributed by atoms with Gasteiger partial charge in [-0.3, -0.25) is 0 Å². The maximum Gasteiger partial charge on any atom is 2.00 e. The summed E-state index contributed by atoms with van der Waals surface area (Å²) < 4.78 is 4.58. The first-order valence-electron chi connectivity index (χ1n) is 3.56. The quantitative estimate of drug-likeness (QED) is 0.304. The van der Waals surface area contributed by atoms with Gasteiger partial charge in [-0.25, -0.2) is 0 Å². The van der Waals surface area contributed by atoms with Crippen molar-refractivity contribution in [3.63, 3.8) is 0 Å². The van der Waals surface area contributed by atoms with Crippen LogP contribution in [0.25, 0.3) is 0 Å². The second kappa shape index (κ2) is 9.17. The molecular weight excluding hydrogens is 263 g/mol. The SMILES string of the molecule is OC[C@H]1OC(O)[C@H](O)[C@@H](O)[C@@H]1O.[Cl-].[Cl-].[Mg+2]. The monoisotopic (exact) mass is 274 g/mol. The van der Waals surface area contributed by atoms with Crippen LogP contribution in [-0.2, 0) is 4.74 Å². The third-order valence-electron chi connectivity index (χ3n) is 1.87. The van der Waals surface area contributed by atoms with Crippen LogP contribution in [0.3, 0.4) is 0 Å². The van der Waals surface area contributed by atoms with Crippen molar-refractivity contribution >= 4 is 23.1 Å². The Balaban J connectivity index is -0.000000480. The van der Waals surface area contributed by atoms with E-state index in [0.29, 0.717) is 0 Å². The van der Waals surface area contributed by atoms with Crippen LogP contribution in [0.2, 0.25) is 0 Å². The fraction of sp³-hybridized carbons (Fsp3) is 1.00. The van der Waals surface area contributed by atoms with Gasteiger partial charge in [-0.05, 0) is 0 Å². The number of halogens is 2. The fourth-order valence-corrected chi connectivity index (χ4v) is 1.08. The molecule has 0 bridgehead atoms. The molecule has 0 aromatic rings. The summed E-state index contributed by atoms with van der Waals surface area (Å²) >= 11 is 0. The molecule has 0 aliphatic carbocycles. The van der Waals surface area contributed by atoms with Crippen LogP contribution in [0.4, 0.5) is 0 Å². The Morgan fingerprint density at radius 1 is 0.867 bits per heavy atom. The first kappa shape index (κ1) is 21.4. The zero-order valence-electron chi connectivity index (χ0n) is 7.70. The van der Waals surface area contributed by atoms with Crippen LogP contribution in [0.15, 0.2) is 0 Å². The zero-order valence-corrected chi connectivity index (χ0v) is 10.6. The second-order valence-electron chi connectivity index (χ2n) is 2.72. The smallest absolute Gasteiger partial charge is 1.00 e. The Kier molecular flexibility index (Phi) is 13.1. The minimum Gasteiger partial charge on any atom is -1.00 e. The number of hydrogen-bond acceptors (Lipinski definition) is 6. The molecule has 0 aromatic carbocycles. The minimum absolute atomic E-state index is 0. The maximum absolute atomic E-state index is 9.12. The molecule has 0 spiro atoms. The van der Waals surface area contributed by atoms with Gasteiger partial charge in [0.15, 0.2) is 6.29 Å². The Hall–Kier alpha value is 1.11. The molecule has 0 aromatic heterocycles.